The molecule has 1 heterocycles. The highest BCUT2D eigenvalue weighted by Crippen LogP contribution is 2.26. The van der Waals surface area contributed by atoms with Gasteiger partial charge in [0.1, 0.15) is 0 Å². The third kappa shape index (κ3) is 3.91. The van der Waals surface area contributed by atoms with Crippen molar-refractivity contribution in [2.24, 2.45) is 0 Å². The first-order valence-corrected chi connectivity index (χ1v) is 7.28. The van der Waals surface area contributed by atoms with Crippen LogP contribution in [0, 0.1) is 6.92 Å². The lowest BCUT2D eigenvalue weighted by molar-refractivity contribution is 0.209. The molecule has 118 valence electrons. The van der Waals surface area contributed by atoms with Crippen LogP contribution in [0.2, 0.25) is 10.0 Å². The van der Waals surface area contributed by atoms with Crippen molar-refractivity contribution in [2.75, 3.05) is 11.9 Å². The summed E-state index contributed by atoms with van der Waals surface area (Å²) in [5, 5.41) is 25.5. The predicted octanol–water partition coefficient (Wildman–Crippen LogP) is 3.17. The van der Waals surface area contributed by atoms with Crippen LogP contribution in [-0.2, 0) is 13.0 Å². The van der Waals surface area contributed by atoms with Crippen LogP contribution in [0.5, 0.6) is 0 Å². The molecular weight excluding hydrogens is 329 g/mol. The molecule has 0 radical (unpaired) electrons. The summed E-state index contributed by atoms with van der Waals surface area (Å²) in [5.41, 5.74) is 2.33. The molecular formula is C14H15Cl2N3O3. The first-order valence-electron chi connectivity index (χ1n) is 6.52. The highest BCUT2D eigenvalue weighted by molar-refractivity contribution is 6.34. The zero-order valence-corrected chi connectivity index (χ0v) is 13.3. The second kappa shape index (κ2) is 7.00. The molecule has 0 atom stereocenters. The summed E-state index contributed by atoms with van der Waals surface area (Å²) in [5.74, 6) is 0.245. The lowest BCUT2D eigenvalue weighted by Gasteiger charge is -2.06. The number of rotatable bonds is 5. The molecule has 22 heavy (non-hydrogen) atoms. The molecule has 1 aromatic carbocycles. The minimum atomic E-state index is -1.20. The Kier molecular flexibility index (Phi) is 5.28. The molecule has 0 unspecified atom stereocenters. The van der Waals surface area contributed by atoms with Gasteiger partial charge in [0.25, 0.3) is 0 Å². The number of benzene rings is 1. The summed E-state index contributed by atoms with van der Waals surface area (Å²) in [6.45, 7) is 2.02. The molecule has 1 amide bonds. The molecule has 0 saturated carbocycles. The second-order valence-electron chi connectivity index (χ2n) is 4.74. The number of carboxylic acid groups (broad SMARTS) is 1. The maximum atomic E-state index is 10.9. The van der Waals surface area contributed by atoms with Crippen molar-refractivity contribution in [2.45, 2.75) is 19.9 Å². The Hall–Kier alpha value is -1.76. The molecule has 1 aromatic heterocycles. The Morgan fingerprint density at radius 1 is 1.32 bits per heavy atom. The van der Waals surface area contributed by atoms with Crippen LogP contribution in [0.3, 0.4) is 0 Å². The number of hydrogen-bond acceptors (Lipinski definition) is 3. The topological polar surface area (TPSA) is 87.4 Å². The molecule has 3 N–H and O–H groups in total. The molecule has 0 saturated heterocycles. The van der Waals surface area contributed by atoms with E-state index < -0.39 is 6.09 Å². The van der Waals surface area contributed by atoms with Crippen molar-refractivity contribution in [3.63, 3.8) is 0 Å². The Labute approximate surface area is 137 Å². The molecule has 0 aliphatic rings. The van der Waals surface area contributed by atoms with E-state index in [1.165, 1.54) is 0 Å². The van der Waals surface area contributed by atoms with Gasteiger partial charge >= 0.3 is 6.09 Å². The van der Waals surface area contributed by atoms with Gasteiger partial charge in [-0.05, 0) is 30.7 Å². The van der Waals surface area contributed by atoms with Gasteiger partial charge < -0.3 is 10.2 Å². The number of anilines is 1. The molecule has 2 aromatic rings. The molecule has 0 aliphatic carbocycles. The standard InChI is InChI=1S/C14H15Cl2N3O3/c1-8-12(6-9-4-10(15)7-11(16)5-9)13(17-14(21)22)18-19(8)2-3-20/h4-5,7,20H,2-3,6H2,1H3,(H,17,18)(H,21,22). The van der Waals surface area contributed by atoms with Gasteiger partial charge in [-0.15, -0.1) is 0 Å². The van der Waals surface area contributed by atoms with Crippen molar-refractivity contribution in [3.8, 4) is 0 Å². The Balaban J connectivity index is 2.40. The van der Waals surface area contributed by atoms with Crippen LogP contribution in [0.25, 0.3) is 0 Å². The fourth-order valence-electron chi connectivity index (χ4n) is 2.23. The van der Waals surface area contributed by atoms with Crippen molar-refractivity contribution in [1.29, 1.82) is 0 Å². The van der Waals surface area contributed by atoms with Gasteiger partial charge in [-0.25, -0.2) is 4.79 Å². The molecule has 2 rings (SSSR count). The number of aromatic nitrogens is 2. The van der Waals surface area contributed by atoms with Crippen LogP contribution in [0.4, 0.5) is 10.6 Å². The molecule has 0 aliphatic heterocycles. The zero-order chi connectivity index (χ0) is 16.3. The fourth-order valence-corrected chi connectivity index (χ4v) is 2.80. The molecule has 6 nitrogen and oxygen atoms in total. The maximum Gasteiger partial charge on any atom is 0.410 e. The quantitative estimate of drug-likeness (QED) is 0.777. The maximum absolute atomic E-state index is 10.9. The van der Waals surface area contributed by atoms with Crippen LogP contribution in [0.15, 0.2) is 18.2 Å². The first kappa shape index (κ1) is 16.6. The van der Waals surface area contributed by atoms with Gasteiger partial charge in [0, 0.05) is 27.7 Å². The summed E-state index contributed by atoms with van der Waals surface area (Å²) in [7, 11) is 0. The van der Waals surface area contributed by atoms with Gasteiger partial charge in [-0.3, -0.25) is 10.00 Å². The molecule has 0 bridgehead atoms. The number of amides is 1. The molecule has 0 spiro atoms. The van der Waals surface area contributed by atoms with Gasteiger partial charge in [0.15, 0.2) is 5.82 Å². The van der Waals surface area contributed by atoms with Crippen LogP contribution in [0.1, 0.15) is 16.8 Å². The van der Waals surface area contributed by atoms with E-state index in [4.69, 9.17) is 33.4 Å². The Morgan fingerprint density at radius 3 is 2.50 bits per heavy atom. The SMILES string of the molecule is Cc1c(Cc2cc(Cl)cc(Cl)c2)c(NC(=O)O)nn1CCO. The summed E-state index contributed by atoms with van der Waals surface area (Å²) in [4.78, 5) is 10.9. The van der Waals surface area contributed by atoms with Gasteiger partial charge in [-0.2, -0.15) is 5.10 Å². The Morgan fingerprint density at radius 2 is 1.95 bits per heavy atom. The zero-order valence-electron chi connectivity index (χ0n) is 11.8. The third-order valence-corrected chi connectivity index (χ3v) is 3.61. The van der Waals surface area contributed by atoms with E-state index in [2.05, 4.69) is 10.4 Å². The van der Waals surface area contributed by atoms with E-state index in [1.807, 2.05) is 6.92 Å². The lowest BCUT2D eigenvalue weighted by Crippen LogP contribution is -2.10. The van der Waals surface area contributed by atoms with Crippen molar-refractivity contribution < 1.29 is 15.0 Å². The summed E-state index contributed by atoms with van der Waals surface area (Å²) in [6, 6.07) is 5.16. The normalized spacial score (nSPS) is 10.7. The van der Waals surface area contributed by atoms with E-state index in [9.17, 15) is 4.79 Å². The molecule has 0 fully saturated rings. The van der Waals surface area contributed by atoms with E-state index in [0.717, 1.165) is 11.3 Å². The van der Waals surface area contributed by atoms with Crippen LogP contribution < -0.4 is 5.32 Å². The smallest absolute Gasteiger partial charge is 0.410 e. The first-order chi connectivity index (χ1) is 10.4. The highest BCUT2D eigenvalue weighted by atomic mass is 35.5. The van der Waals surface area contributed by atoms with E-state index in [-0.39, 0.29) is 19.0 Å². The minimum Gasteiger partial charge on any atom is -0.465 e. The second-order valence-corrected chi connectivity index (χ2v) is 5.62. The predicted molar refractivity (Wildman–Crippen MR) is 85.0 cm³/mol. The largest absolute Gasteiger partial charge is 0.465 e. The summed E-state index contributed by atoms with van der Waals surface area (Å²) in [6.07, 6.45) is -0.772. The van der Waals surface area contributed by atoms with E-state index >= 15 is 0 Å². The number of nitrogens with zero attached hydrogens (tertiary/aromatic N) is 2. The van der Waals surface area contributed by atoms with Gasteiger partial charge in [-0.1, -0.05) is 23.2 Å². The van der Waals surface area contributed by atoms with Crippen molar-refractivity contribution in [3.05, 3.63) is 45.1 Å². The highest BCUT2D eigenvalue weighted by Gasteiger charge is 2.17. The number of nitrogens with one attached hydrogen (secondary N) is 1. The number of hydrogen-bond donors (Lipinski definition) is 3. The number of aliphatic hydroxyl groups is 1. The average molecular weight is 344 g/mol. The van der Waals surface area contributed by atoms with Crippen LogP contribution in [-0.4, -0.2) is 32.7 Å². The van der Waals surface area contributed by atoms with E-state index in [0.29, 0.717) is 22.0 Å². The van der Waals surface area contributed by atoms with Crippen LogP contribution >= 0.6 is 23.2 Å². The Bertz CT molecular complexity index is 681. The number of halogens is 2. The van der Waals surface area contributed by atoms with Gasteiger partial charge in [0.05, 0.1) is 13.2 Å². The monoisotopic (exact) mass is 343 g/mol. The van der Waals surface area contributed by atoms with Crippen molar-refractivity contribution in [1.82, 2.24) is 9.78 Å². The number of aliphatic hydroxyl groups excluding tert-OH is 1. The lowest BCUT2D eigenvalue weighted by atomic mass is 10.0. The number of carbonyl (C=O) groups is 1. The molecule has 8 heteroatoms. The summed E-state index contributed by atoms with van der Waals surface area (Å²) >= 11 is 12.0. The van der Waals surface area contributed by atoms with Gasteiger partial charge in [0.2, 0.25) is 0 Å². The third-order valence-electron chi connectivity index (χ3n) is 3.17. The summed E-state index contributed by atoms with van der Waals surface area (Å²) < 4.78 is 1.56. The fraction of sp³-hybridized carbons (Fsp3) is 0.286. The average Bonchev–Trinajstić information content (AvgIpc) is 2.66. The van der Waals surface area contributed by atoms with Crippen molar-refractivity contribution >= 4 is 35.1 Å². The van der Waals surface area contributed by atoms with E-state index in [1.54, 1.807) is 22.9 Å². The minimum absolute atomic E-state index is 0.0858.